The van der Waals surface area contributed by atoms with E-state index in [-0.39, 0.29) is 0 Å². The molecule has 0 saturated heterocycles. The highest BCUT2D eigenvalue weighted by Crippen LogP contribution is 2.26. The highest BCUT2D eigenvalue weighted by atomic mass is 35.5. The van der Waals surface area contributed by atoms with E-state index in [2.05, 4.69) is 18.0 Å². The second-order valence-electron chi connectivity index (χ2n) is 3.75. The molecule has 0 amide bonds. The molecule has 0 aliphatic carbocycles. The maximum atomic E-state index is 6.14. The zero-order valence-corrected chi connectivity index (χ0v) is 10.1. The fourth-order valence-electron chi connectivity index (χ4n) is 1.73. The summed E-state index contributed by atoms with van der Waals surface area (Å²) in [7, 11) is 1.90. The summed E-state index contributed by atoms with van der Waals surface area (Å²) in [6, 6.07) is 8.09. The Labute approximate surface area is 99.9 Å². The summed E-state index contributed by atoms with van der Waals surface area (Å²) < 4.78 is 1.87. The fraction of sp³-hybridized carbons (Fsp3) is 0.250. The van der Waals surface area contributed by atoms with Crippen molar-refractivity contribution in [3.05, 3.63) is 40.7 Å². The third kappa shape index (κ3) is 1.72. The summed E-state index contributed by atoms with van der Waals surface area (Å²) in [6.07, 6.45) is 0. The van der Waals surface area contributed by atoms with Crippen LogP contribution in [0.1, 0.15) is 11.3 Å². The van der Waals surface area contributed by atoms with Gasteiger partial charge in [-0.2, -0.15) is 0 Å². The van der Waals surface area contributed by atoms with Gasteiger partial charge < -0.3 is 10.3 Å². The molecule has 2 aromatic rings. The SMILES string of the molecule is Cc1ccccc1-c1nc(CN)c(Cl)n1C. The van der Waals surface area contributed by atoms with E-state index in [1.807, 2.05) is 29.8 Å². The first-order valence-corrected chi connectivity index (χ1v) is 5.50. The van der Waals surface area contributed by atoms with Crippen molar-refractivity contribution in [2.24, 2.45) is 12.8 Å². The molecule has 2 N–H and O–H groups in total. The third-order valence-corrected chi connectivity index (χ3v) is 3.14. The number of aryl methyl sites for hydroxylation is 1. The highest BCUT2D eigenvalue weighted by molar-refractivity contribution is 6.30. The number of hydrogen-bond donors (Lipinski definition) is 1. The molecule has 0 unspecified atom stereocenters. The van der Waals surface area contributed by atoms with E-state index < -0.39 is 0 Å². The number of imidazole rings is 1. The molecule has 0 atom stereocenters. The van der Waals surface area contributed by atoms with Crippen molar-refractivity contribution in [2.45, 2.75) is 13.5 Å². The molecule has 16 heavy (non-hydrogen) atoms. The number of hydrogen-bond acceptors (Lipinski definition) is 2. The molecule has 0 saturated carbocycles. The molecule has 1 aromatic carbocycles. The third-order valence-electron chi connectivity index (χ3n) is 2.67. The molecular weight excluding hydrogens is 222 g/mol. The van der Waals surface area contributed by atoms with Gasteiger partial charge in [-0.15, -0.1) is 0 Å². The monoisotopic (exact) mass is 235 g/mol. The highest BCUT2D eigenvalue weighted by Gasteiger charge is 2.14. The molecular formula is C12H14ClN3. The first kappa shape index (κ1) is 11.2. The Morgan fingerprint density at radius 1 is 1.38 bits per heavy atom. The van der Waals surface area contributed by atoms with Crippen LogP contribution in [0.25, 0.3) is 11.4 Å². The van der Waals surface area contributed by atoms with Gasteiger partial charge in [-0.25, -0.2) is 4.98 Å². The minimum Gasteiger partial charge on any atom is -0.325 e. The lowest BCUT2D eigenvalue weighted by molar-refractivity contribution is 0.921. The summed E-state index contributed by atoms with van der Waals surface area (Å²) in [5.74, 6) is 0.864. The summed E-state index contributed by atoms with van der Waals surface area (Å²) in [6.45, 7) is 2.42. The van der Waals surface area contributed by atoms with Crippen LogP contribution in [0.5, 0.6) is 0 Å². The molecule has 4 heteroatoms. The average molecular weight is 236 g/mol. The summed E-state index contributed by atoms with van der Waals surface area (Å²) in [5.41, 5.74) is 8.59. The van der Waals surface area contributed by atoms with Crippen LogP contribution in [-0.2, 0) is 13.6 Å². The van der Waals surface area contributed by atoms with Crippen LogP contribution in [0.3, 0.4) is 0 Å². The molecule has 0 radical (unpaired) electrons. The Balaban J connectivity index is 2.61. The number of nitrogens with zero attached hydrogens (tertiary/aromatic N) is 2. The minimum atomic E-state index is 0.360. The lowest BCUT2D eigenvalue weighted by Gasteiger charge is -2.05. The van der Waals surface area contributed by atoms with Gasteiger partial charge in [0.15, 0.2) is 0 Å². The molecule has 84 valence electrons. The molecule has 2 rings (SSSR count). The van der Waals surface area contributed by atoms with Gasteiger partial charge >= 0.3 is 0 Å². The molecule has 1 heterocycles. The molecule has 0 fully saturated rings. The standard InChI is InChI=1S/C12H14ClN3/c1-8-5-3-4-6-9(8)12-15-10(7-14)11(13)16(12)2/h3-6H,7,14H2,1-2H3. The zero-order chi connectivity index (χ0) is 11.7. The summed E-state index contributed by atoms with van der Waals surface area (Å²) >= 11 is 6.14. The maximum absolute atomic E-state index is 6.14. The largest absolute Gasteiger partial charge is 0.325 e. The molecule has 3 nitrogen and oxygen atoms in total. The van der Waals surface area contributed by atoms with E-state index in [1.54, 1.807) is 0 Å². The fourth-order valence-corrected chi connectivity index (χ4v) is 1.93. The van der Waals surface area contributed by atoms with Gasteiger partial charge in [-0.1, -0.05) is 35.9 Å². The van der Waals surface area contributed by atoms with E-state index in [0.29, 0.717) is 11.7 Å². The maximum Gasteiger partial charge on any atom is 0.141 e. The number of benzene rings is 1. The van der Waals surface area contributed by atoms with Gasteiger partial charge in [0.1, 0.15) is 11.0 Å². The van der Waals surface area contributed by atoms with Gasteiger partial charge in [0.2, 0.25) is 0 Å². The van der Waals surface area contributed by atoms with Gasteiger partial charge in [0.05, 0.1) is 5.69 Å². The van der Waals surface area contributed by atoms with Crippen molar-refractivity contribution >= 4 is 11.6 Å². The predicted molar refractivity (Wildman–Crippen MR) is 66.3 cm³/mol. The van der Waals surface area contributed by atoms with Crippen LogP contribution < -0.4 is 5.73 Å². The van der Waals surface area contributed by atoms with Crippen molar-refractivity contribution < 1.29 is 0 Å². The second kappa shape index (κ2) is 4.28. The van der Waals surface area contributed by atoms with Crippen LogP contribution in [-0.4, -0.2) is 9.55 Å². The molecule has 1 aromatic heterocycles. The summed E-state index contributed by atoms with van der Waals surface area (Å²) in [5, 5.41) is 0.612. The quantitative estimate of drug-likeness (QED) is 0.869. The number of aromatic nitrogens is 2. The molecule has 0 spiro atoms. The van der Waals surface area contributed by atoms with Crippen LogP contribution in [0.2, 0.25) is 5.15 Å². The number of nitrogens with two attached hydrogens (primary N) is 1. The van der Waals surface area contributed by atoms with Gasteiger partial charge in [-0.3, -0.25) is 0 Å². The minimum absolute atomic E-state index is 0.360. The van der Waals surface area contributed by atoms with Crippen LogP contribution in [0.15, 0.2) is 24.3 Å². The second-order valence-corrected chi connectivity index (χ2v) is 4.11. The zero-order valence-electron chi connectivity index (χ0n) is 9.37. The van der Waals surface area contributed by atoms with E-state index in [9.17, 15) is 0 Å². The van der Waals surface area contributed by atoms with Crippen LogP contribution in [0, 0.1) is 6.92 Å². The van der Waals surface area contributed by atoms with Crippen LogP contribution in [0.4, 0.5) is 0 Å². The van der Waals surface area contributed by atoms with Crippen LogP contribution >= 0.6 is 11.6 Å². The first-order valence-electron chi connectivity index (χ1n) is 5.12. The Hall–Kier alpha value is -1.32. The van der Waals surface area contributed by atoms with Gasteiger partial charge in [0.25, 0.3) is 0 Å². The lowest BCUT2D eigenvalue weighted by atomic mass is 10.1. The van der Waals surface area contributed by atoms with Crippen molar-refractivity contribution in [1.82, 2.24) is 9.55 Å². The van der Waals surface area contributed by atoms with Crippen molar-refractivity contribution in [2.75, 3.05) is 0 Å². The van der Waals surface area contributed by atoms with Crippen molar-refractivity contribution in [1.29, 1.82) is 0 Å². The number of rotatable bonds is 2. The Morgan fingerprint density at radius 3 is 2.62 bits per heavy atom. The van der Waals surface area contributed by atoms with E-state index in [0.717, 1.165) is 17.1 Å². The smallest absolute Gasteiger partial charge is 0.141 e. The topological polar surface area (TPSA) is 43.8 Å². The Kier molecular flexibility index (Phi) is 2.99. The summed E-state index contributed by atoms with van der Waals surface area (Å²) in [4.78, 5) is 4.46. The predicted octanol–water partition coefficient (Wildman–Crippen LogP) is 2.51. The van der Waals surface area contributed by atoms with Gasteiger partial charge in [0, 0.05) is 19.2 Å². The molecule has 0 aliphatic heterocycles. The molecule has 0 bridgehead atoms. The lowest BCUT2D eigenvalue weighted by Crippen LogP contribution is -1.97. The Bertz CT molecular complexity index is 517. The van der Waals surface area contributed by atoms with E-state index in [1.165, 1.54) is 5.56 Å². The average Bonchev–Trinajstić information content (AvgIpc) is 2.57. The van der Waals surface area contributed by atoms with E-state index >= 15 is 0 Å². The van der Waals surface area contributed by atoms with Gasteiger partial charge in [-0.05, 0) is 12.5 Å². The normalized spacial score (nSPS) is 10.8. The molecule has 0 aliphatic rings. The van der Waals surface area contributed by atoms with Crippen molar-refractivity contribution in [3.63, 3.8) is 0 Å². The van der Waals surface area contributed by atoms with Crippen molar-refractivity contribution in [3.8, 4) is 11.4 Å². The Morgan fingerprint density at radius 2 is 2.06 bits per heavy atom. The first-order chi connectivity index (χ1) is 7.65. The van der Waals surface area contributed by atoms with E-state index in [4.69, 9.17) is 17.3 Å². The number of halogens is 1.